The molecule has 0 aliphatic heterocycles. The van der Waals surface area contributed by atoms with Crippen LogP contribution in [0.15, 0.2) is 30.3 Å². The Labute approximate surface area is 128 Å². The molecule has 2 heterocycles. The number of aryl methyl sites for hydroxylation is 2. The molecule has 6 heteroatoms. The second-order valence-electron chi connectivity index (χ2n) is 5.48. The molecule has 1 amide bonds. The minimum Gasteiger partial charge on any atom is -0.302 e. The number of fused-ring (bicyclic) bond motifs is 1. The van der Waals surface area contributed by atoms with Crippen molar-refractivity contribution in [2.24, 2.45) is 0 Å². The zero-order valence-electron chi connectivity index (χ0n) is 13.2. The maximum atomic E-state index is 12.1. The largest absolute Gasteiger partial charge is 0.302 e. The van der Waals surface area contributed by atoms with E-state index >= 15 is 0 Å². The van der Waals surface area contributed by atoms with Crippen molar-refractivity contribution >= 4 is 17.2 Å². The highest BCUT2D eigenvalue weighted by Crippen LogP contribution is 2.27. The maximum Gasteiger partial charge on any atom is 0.224 e. The van der Waals surface area contributed by atoms with E-state index in [1.807, 2.05) is 55.6 Å². The van der Waals surface area contributed by atoms with Crippen LogP contribution in [0.5, 0.6) is 0 Å². The Morgan fingerprint density at radius 1 is 1.23 bits per heavy atom. The van der Waals surface area contributed by atoms with Crippen LogP contribution in [0.1, 0.15) is 37.0 Å². The van der Waals surface area contributed by atoms with Crippen molar-refractivity contribution in [3.8, 4) is 0 Å². The summed E-state index contributed by atoms with van der Waals surface area (Å²) in [6.45, 7) is 7.52. The summed E-state index contributed by atoms with van der Waals surface area (Å²) in [4.78, 5) is 13.9. The Kier molecular flexibility index (Phi) is 3.44. The van der Waals surface area contributed by atoms with Crippen LogP contribution in [0.2, 0.25) is 0 Å². The van der Waals surface area contributed by atoms with Crippen molar-refractivity contribution in [3.05, 3.63) is 47.4 Å². The van der Waals surface area contributed by atoms with Crippen LogP contribution in [0, 0.1) is 13.8 Å². The van der Waals surface area contributed by atoms with E-state index in [-0.39, 0.29) is 11.9 Å². The quantitative estimate of drug-likeness (QED) is 0.808. The number of H-pyrrole nitrogens is 1. The number of para-hydroxylation sites is 1. The van der Waals surface area contributed by atoms with E-state index in [1.54, 1.807) is 11.8 Å². The Hall–Kier alpha value is -2.63. The highest BCUT2D eigenvalue weighted by atomic mass is 16.2. The minimum absolute atomic E-state index is 0.0320. The molecule has 1 atom stereocenters. The number of carbonyl (C=O) groups excluding carboxylic acids is 1. The summed E-state index contributed by atoms with van der Waals surface area (Å²) in [5.74, 6) is 0.681. The van der Waals surface area contributed by atoms with E-state index in [4.69, 9.17) is 0 Å². The molecule has 114 valence electrons. The van der Waals surface area contributed by atoms with Crippen LogP contribution in [0.25, 0.3) is 5.65 Å². The molecule has 1 aromatic carbocycles. The molecule has 0 bridgehead atoms. The number of carbonyl (C=O) groups is 1. The first-order valence-corrected chi connectivity index (χ1v) is 7.25. The van der Waals surface area contributed by atoms with Crippen molar-refractivity contribution in [1.29, 1.82) is 0 Å². The third-order valence-electron chi connectivity index (χ3n) is 4.00. The number of amides is 1. The van der Waals surface area contributed by atoms with Gasteiger partial charge in [-0.05, 0) is 32.9 Å². The molecule has 0 aliphatic rings. The Morgan fingerprint density at radius 2 is 1.91 bits per heavy atom. The zero-order chi connectivity index (χ0) is 15.9. The molecular weight excluding hydrogens is 278 g/mol. The summed E-state index contributed by atoms with van der Waals surface area (Å²) in [6, 6.07) is 9.37. The molecule has 0 saturated carbocycles. The van der Waals surface area contributed by atoms with Gasteiger partial charge in [0.25, 0.3) is 0 Å². The van der Waals surface area contributed by atoms with Gasteiger partial charge in [0.2, 0.25) is 5.91 Å². The molecule has 1 unspecified atom stereocenters. The fraction of sp³-hybridized carbons (Fsp3) is 0.312. The van der Waals surface area contributed by atoms with Crippen molar-refractivity contribution in [2.75, 3.05) is 4.90 Å². The summed E-state index contributed by atoms with van der Waals surface area (Å²) in [6.07, 6.45) is 0. The molecule has 3 aromatic rings. The first kappa shape index (κ1) is 14.3. The van der Waals surface area contributed by atoms with Crippen LogP contribution in [0.3, 0.4) is 0 Å². The van der Waals surface area contributed by atoms with Gasteiger partial charge in [0.05, 0.1) is 6.04 Å². The Balaban J connectivity index is 2.08. The summed E-state index contributed by atoms with van der Waals surface area (Å²) in [5.41, 5.74) is 3.77. The van der Waals surface area contributed by atoms with Crippen LogP contribution in [-0.4, -0.2) is 25.7 Å². The van der Waals surface area contributed by atoms with Crippen molar-refractivity contribution in [2.45, 2.75) is 33.7 Å². The lowest BCUT2D eigenvalue weighted by Crippen LogP contribution is -2.32. The molecule has 0 spiro atoms. The number of anilines is 1. The molecule has 1 N–H and O–H groups in total. The average Bonchev–Trinajstić information content (AvgIpc) is 3.01. The summed E-state index contributed by atoms with van der Waals surface area (Å²) in [7, 11) is 0. The van der Waals surface area contributed by atoms with Gasteiger partial charge >= 0.3 is 0 Å². The van der Waals surface area contributed by atoms with Gasteiger partial charge in [-0.3, -0.25) is 9.89 Å². The molecular formula is C16H19N5O. The number of aromatic nitrogens is 4. The summed E-state index contributed by atoms with van der Waals surface area (Å²) >= 11 is 0. The van der Waals surface area contributed by atoms with Crippen molar-refractivity contribution in [3.63, 3.8) is 0 Å². The molecule has 0 radical (unpaired) electrons. The van der Waals surface area contributed by atoms with Crippen LogP contribution in [-0.2, 0) is 4.79 Å². The topological polar surface area (TPSA) is 66.3 Å². The van der Waals surface area contributed by atoms with Crippen molar-refractivity contribution in [1.82, 2.24) is 19.8 Å². The Morgan fingerprint density at radius 3 is 2.55 bits per heavy atom. The monoisotopic (exact) mass is 297 g/mol. The average molecular weight is 297 g/mol. The second-order valence-corrected chi connectivity index (χ2v) is 5.48. The SMILES string of the molecule is CC(=O)N(c1ccccc1)C(C)c1nnc2c(C)c(C)[nH]n12. The number of hydrogen-bond donors (Lipinski definition) is 1. The van der Waals surface area contributed by atoms with Gasteiger partial charge < -0.3 is 4.90 Å². The maximum absolute atomic E-state index is 12.1. The lowest BCUT2D eigenvalue weighted by Gasteiger charge is -2.26. The number of aromatic amines is 1. The van der Waals surface area contributed by atoms with Gasteiger partial charge in [-0.1, -0.05) is 18.2 Å². The fourth-order valence-electron chi connectivity index (χ4n) is 2.72. The van der Waals surface area contributed by atoms with E-state index in [0.717, 1.165) is 22.6 Å². The van der Waals surface area contributed by atoms with Gasteiger partial charge in [-0.2, -0.15) is 0 Å². The van der Waals surface area contributed by atoms with Gasteiger partial charge in [0.1, 0.15) is 0 Å². The highest BCUT2D eigenvalue weighted by molar-refractivity contribution is 5.92. The van der Waals surface area contributed by atoms with Crippen LogP contribution < -0.4 is 4.90 Å². The number of benzene rings is 1. The Bertz CT molecular complexity index is 818. The number of nitrogens with one attached hydrogen (secondary N) is 1. The lowest BCUT2D eigenvalue weighted by atomic mass is 10.2. The third kappa shape index (κ3) is 2.16. The van der Waals surface area contributed by atoms with Crippen LogP contribution >= 0.6 is 0 Å². The first-order chi connectivity index (χ1) is 10.5. The molecule has 22 heavy (non-hydrogen) atoms. The standard InChI is InChI=1S/C16H19N5O/c1-10-11(2)19-21-15(10)17-18-16(21)12(3)20(13(4)22)14-8-6-5-7-9-14/h5-9,12,19H,1-4H3. The predicted molar refractivity (Wildman–Crippen MR) is 84.8 cm³/mol. The van der Waals surface area contributed by atoms with Gasteiger partial charge in [-0.25, -0.2) is 4.52 Å². The van der Waals surface area contributed by atoms with Gasteiger partial charge in [0, 0.05) is 23.9 Å². The third-order valence-corrected chi connectivity index (χ3v) is 4.00. The normalized spacial score (nSPS) is 12.5. The molecule has 6 nitrogen and oxygen atoms in total. The van der Waals surface area contributed by atoms with Crippen molar-refractivity contribution < 1.29 is 4.79 Å². The molecule has 0 saturated heterocycles. The summed E-state index contributed by atoms with van der Waals surface area (Å²) < 4.78 is 1.86. The van der Waals surface area contributed by atoms with E-state index in [0.29, 0.717) is 5.82 Å². The van der Waals surface area contributed by atoms with E-state index in [2.05, 4.69) is 15.3 Å². The van der Waals surface area contributed by atoms with Crippen LogP contribution in [0.4, 0.5) is 5.69 Å². The summed E-state index contributed by atoms with van der Waals surface area (Å²) in [5, 5.41) is 11.8. The van der Waals surface area contributed by atoms with Gasteiger partial charge in [-0.15, -0.1) is 10.2 Å². The van der Waals surface area contributed by atoms with E-state index in [9.17, 15) is 4.79 Å². The molecule has 0 aliphatic carbocycles. The number of rotatable bonds is 3. The van der Waals surface area contributed by atoms with E-state index in [1.165, 1.54) is 0 Å². The molecule has 2 aromatic heterocycles. The van der Waals surface area contributed by atoms with Gasteiger partial charge in [0.15, 0.2) is 11.5 Å². The lowest BCUT2D eigenvalue weighted by molar-refractivity contribution is -0.117. The molecule has 3 rings (SSSR count). The minimum atomic E-state index is -0.229. The first-order valence-electron chi connectivity index (χ1n) is 7.25. The molecule has 0 fully saturated rings. The smallest absolute Gasteiger partial charge is 0.224 e. The predicted octanol–water partition coefficient (Wildman–Crippen LogP) is 2.79. The highest BCUT2D eigenvalue weighted by Gasteiger charge is 2.25. The number of hydrogen-bond acceptors (Lipinski definition) is 3. The number of nitrogens with zero attached hydrogens (tertiary/aromatic N) is 4. The van der Waals surface area contributed by atoms with E-state index < -0.39 is 0 Å². The zero-order valence-corrected chi connectivity index (χ0v) is 13.2. The second kappa shape index (κ2) is 5.29. The fourth-order valence-corrected chi connectivity index (χ4v) is 2.72.